The van der Waals surface area contributed by atoms with E-state index in [1.807, 2.05) is 0 Å². The van der Waals surface area contributed by atoms with Gasteiger partial charge < -0.3 is 4.74 Å². The Labute approximate surface area is 125 Å². The van der Waals surface area contributed by atoms with E-state index in [-0.39, 0.29) is 11.6 Å². The molecule has 0 radical (unpaired) electrons. The molecule has 0 unspecified atom stereocenters. The first kappa shape index (κ1) is 18.3. The fourth-order valence-corrected chi connectivity index (χ4v) is 1.39. The third-order valence-electron chi connectivity index (χ3n) is 2.26. The van der Waals surface area contributed by atoms with E-state index in [2.05, 4.69) is 17.9 Å². The summed E-state index contributed by atoms with van der Waals surface area (Å²) < 4.78 is 4.36. The molecule has 1 rings (SSSR count). The lowest BCUT2D eigenvalue weighted by atomic mass is 10.0. The van der Waals surface area contributed by atoms with Crippen LogP contribution >= 0.6 is 0 Å². The van der Waals surface area contributed by atoms with Crippen LogP contribution in [0, 0.1) is 0 Å². The number of ether oxygens (including phenoxy) is 1. The summed E-state index contributed by atoms with van der Waals surface area (Å²) in [7, 11) is 0. The van der Waals surface area contributed by atoms with Crippen molar-refractivity contribution in [2.24, 2.45) is 0 Å². The molecular weight excluding hydrogens is 264 g/mol. The summed E-state index contributed by atoms with van der Waals surface area (Å²) in [5.74, 6) is -0.171. The summed E-state index contributed by atoms with van der Waals surface area (Å²) in [6.07, 6.45) is 8.96. The van der Waals surface area contributed by atoms with Gasteiger partial charge in [0.25, 0.3) is 0 Å². The third kappa shape index (κ3) is 7.47. The monoisotopic (exact) mass is 284 g/mol. The van der Waals surface area contributed by atoms with E-state index >= 15 is 0 Å². The van der Waals surface area contributed by atoms with Crippen LogP contribution in [0.3, 0.4) is 0 Å². The Hall–Kier alpha value is -2.68. The fourth-order valence-electron chi connectivity index (χ4n) is 1.39. The Kier molecular flexibility index (Phi) is 9.75. The Balaban J connectivity index is 0.000000690. The largest absolute Gasteiger partial charge is 0.474 e. The van der Waals surface area contributed by atoms with Gasteiger partial charge in [0, 0.05) is 11.1 Å². The van der Waals surface area contributed by atoms with Crippen molar-refractivity contribution in [2.45, 2.75) is 13.8 Å². The molecule has 0 saturated carbocycles. The fraction of sp³-hybridized carbons (Fsp3) is 0.111. The Morgan fingerprint density at radius 3 is 1.67 bits per heavy atom. The highest BCUT2D eigenvalue weighted by Crippen LogP contribution is 2.08. The maximum absolute atomic E-state index is 11.6. The normalized spacial score (nSPS) is 9.81. The Morgan fingerprint density at radius 2 is 1.38 bits per heavy atom. The van der Waals surface area contributed by atoms with Crippen LogP contribution in [0.4, 0.5) is 0 Å². The third-order valence-corrected chi connectivity index (χ3v) is 2.26. The van der Waals surface area contributed by atoms with Gasteiger partial charge in [0.15, 0.2) is 11.6 Å². The zero-order chi connectivity index (χ0) is 16.1. The summed E-state index contributed by atoms with van der Waals surface area (Å²) in [5, 5.41) is 0. The van der Waals surface area contributed by atoms with Gasteiger partial charge in [-0.05, 0) is 32.1 Å². The molecule has 3 nitrogen and oxygen atoms in total. The van der Waals surface area contributed by atoms with Gasteiger partial charge in [-0.1, -0.05) is 43.5 Å². The number of rotatable bonds is 6. The van der Waals surface area contributed by atoms with Gasteiger partial charge >= 0.3 is 0 Å². The van der Waals surface area contributed by atoms with Gasteiger partial charge in [0.1, 0.15) is 0 Å². The molecule has 0 saturated heterocycles. The molecule has 0 atom stereocenters. The molecular formula is C18H20O3. The van der Waals surface area contributed by atoms with E-state index in [0.29, 0.717) is 11.1 Å². The van der Waals surface area contributed by atoms with Crippen molar-refractivity contribution in [1.82, 2.24) is 0 Å². The average molecular weight is 284 g/mol. The van der Waals surface area contributed by atoms with Gasteiger partial charge in [0.05, 0.1) is 12.5 Å². The Bertz CT molecular complexity index is 506. The molecule has 3 heteroatoms. The number of hydrogen-bond acceptors (Lipinski definition) is 3. The molecule has 0 amide bonds. The first-order valence-corrected chi connectivity index (χ1v) is 6.42. The molecule has 0 N–H and O–H groups in total. The lowest BCUT2D eigenvalue weighted by Crippen LogP contribution is -1.99. The van der Waals surface area contributed by atoms with Crippen molar-refractivity contribution in [2.75, 3.05) is 0 Å². The van der Waals surface area contributed by atoms with Crippen LogP contribution in [0.5, 0.6) is 0 Å². The van der Waals surface area contributed by atoms with Crippen molar-refractivity contribution in [3.05, 3.63) is 85.4 Å². The standard InChI is InChI=1S/C14H14O2.C4H6O/c1-3-6-13(15)11-8-5-9-12(10-11)14(16)7-4-2;1-3-5-4-2/h3-10H,1-2H3;3-4H,1-2H2. The molecule has 0 spiro atoms. The van der Waals surface area contributed by atoms with E-state index in [1.54, 1.807) is 50.3 Å². The van der Waals surface area contributed by atoms with E-state index in [1.165, 1.54) is 24.7 Å². The molecule has 110 valence electrons. The summed E-state index contributed by atoms with van der Waals surface area (Å²) in [6.45, 7) is 10.1. The van der Waals surface area contributed by atoms with E-state index < -0.39 is 0 Å². The highest BCUT2D eigenvalue weighted by Gasteiger charge is 2.05. The molecule has 0 aliphatic carbocycles. The van der Waals surface area contributed by atoms with E-state index in [9.17, 15) is 9.59 Å². The minimum atomic E-state index is -0.0855. The molecule has 21 heavy (non-hydrogen) atoms. The highest BCUT2D eigenvalue weighted by molar-refractivity contribution is 6.09. The van der Waals surface area contributed by atoms with Gasteiger partial charge in [0.2, 0.25) is 0 Å². The zero-order valence-corrected chi connectivity index (χ0v) is 12.4. The molecule has 0 aliphatic rings. The Morgan fingerprint density at radius 1 is 0.952 bits per heavy atom. The number of carbonyl (C=O) groups excluding carboxylic acids is 2. The molecule has 0 heterocycles. The van der Waals surface area contributed by atoms with Crippen LogP contribution in [0.2, 0.25) is 0 Å². The van der Waals surface area contributed by atoms with Crippen LogP contribution in [-0.2, 0) is 4.74 Å². The number of ketones is 2. The topological polar surface area (TPSA) is 43.4 Å². The van der Waals surface area contributed by atoms with Gasteiger partial charge in [-0.25, -0.2) is 0 Å². The second kappa shape index (κ2) is 11.2. The first-order valence-electron chi connectivity index (χ1n) is 6.42. The molecule has 1 aromatic rings. The van der Waals surface area contributed by atoms with Crippen LogP contribution in [0.15, 0.2) is 74.3 Å². The maximum Gasteiger partial charge on any atom is 0.185 e. The first-order chi connectivity index (χ1) is 10.1. The van der Waals surface area contributed by atoms with Crippen molar-refractivity contribution in [1.29, 1.82) is 0 Å². The van der Waals surface area contributed by atoms with Crippen molar-refractivity contribution in [3.63, 3.8) is 0 Å². The van der Waals surface area contributed by atoms with Crippen molar-refractivity contribution >= 4 is 11.6 Å². The van der Waals surface area contributed by atoms with Crippen LogP contribution < -0.4 is 0 Å². The molecule has 0 fully saturated rings. The average Bonchev–Trinajstić information content (AvgIpc) is 2.49. The number of allylic oxidation sites excluding steroid dienone is 4. The lowest BCUT2D eigenvalue weighted by Gasteiger charge is -1.99. The van der Waals surface area contributed by atoms with Gasteiger partial charge in [-0.3, -0.25) is 9.59 Å². The molecule has 1 aromatic carbocycles. The smallest absolute Gasteiger partial charge is 0.185 e. The van der Waals surface area contributed by atoms with Crippen LogP contribution in [0.25, 0.3) is 0 Å². The summed E-state index contributed by atoms with van der Waals surface area (Å²) in [6, 6.07) is 6.74. The minimum Gasteiger partial charge on any atom is -0.474 e. The number of benzene rings is 1. The summed E-state index contributed by atoms with van der Waals surface area (Å²) >= 11 is 0. The minimum absolute atomic E-state index is 0.0855. The maximum atomic E-state index is 11.6. The van der Waals surface area contributed by atoms with Gasteiger partial charge in [-0.15, -0.1) is 0 Å². The van der Waals surface area contributed by atoms with E-state index in [4.69, 9.17) is 0 Å². The summed E-state index contributed by atoms with van der Waals surface area (Å²) in [4.78, 5) is 23.1. The molecule has 0 aromatic heterocycles. The van der Waals surface area contributed by atoms with Crippen LogP contribution in [-0.4, -0.2) is 11.6 Å². The quantitative estimate of drug-likeness (QED) is 0.439. The second-order valence-corrected chi connectivity index (χ2v) is 3.78. The summed E-state index contributed by atoms with van der Waals surface area (Å²) in [5.41, 5.74) is 1.07. The SMILES string of the molecule is C=COC=C.CC=CC(=O)c1cccc(C(=O)C=CC)c1. The number of hydrogen-bond donors (Lipinski definition) is 0. The van der Waals surface area contributed by atoms with Gasteiger partial charge in [-0.2, -0.15) is 0 Å². The molecule has 0 bridgehead atoms. The predicted molar refractivity (Wildman–Crippen MR) is 86.2 cm³/mol. The molecule has 0 aliphatic heterocycles. The number of carbonyl (C=O) groups is 2. The highest BCUT2D eigenvalue weighted by atomic mass is 16.5. The lowest BCUT2D eigenvalue weighted by molar-refractivity contribution is 0.104. The van der Waals surface area contributed by atoms with Crippen molar-refractivity contribution in [3.8, 4) is 0 Å². The predicted octanol–water partition coefficient (Wildman–Crippen LogP) is 4.49. The van der Waals surface area contributed by atoms with E-state index in [0.717, 1.165) is 0 Å². The zero-order valence-electron chi connectivity index (χ0n) is 12.4. The van der Waals surface area contributed by atoms with Crippen molar-refractivity contribution < 1.29 is 14.3 Å². The second-order valence-electron chi connectivity index (χ2n) is 3.78. The van der Waals surface area contributed by atoms with Crippen LogP contribution in [0.1, 0.15) is 34.6 Å².